The summed E-state index contributed by atoms with van der Waals surface area (Å²) < 4.78 is 31.8. The molecule has 0 heterocycles. The van der Waals surface area contributed by atoms with E-state index in [4.69, 9.17) is 4.74 Å². The van der Waals surface area contributed by atoms with E-state index in [-0.39, 0.29) is 11.6 Å². The minimum atomic E-state index is -0.501. The largest absolute Gasteiger partial charge is 0.383 e. The summed E-state index contributed by atoms with van der Waals surface area (Å²) in [6, 6.07) is 3.84. The first-order valence-corrected chi connectivity index (χ1v) is 5.34. The molecule has 1 atom stereocenters. The molecule has 90 valence electrons. The zero-order valence-corrected chi connectivity index (χ0v) is 9.59. The summed E-state index contributed by atoms with van der Waals surface area (Å²) in [4.78, 5) is 0. The molecule has 1 unspecified atom stereocenters. The van der Waals surface area contributed by atoms with Crippen LogP contribution in [0, 0.1) is 11.6 Å². The van der Waals surface area contributed by atoms with Gasteiger partial charge in [0.15, 0.2) is 0 Å². The Morgan fingerprint density at radius 3 is 2.44 bits per heavy atom. The Kier molecular flexibility index (Phi) is 5.35. The first-order valence-electron chi connectivity index (χ1n) is 5.34. The maximum absolute atomic E-state index is 13.4. The van der Waals surface area contributed by atoms with Gasteiger partial charge in [-0.3, -0.25) is 0 Å². The molecule has 1 aromatic rings. The lowest BCUT2D eigenvalue weighted by Gasteiger charge is -2.17. The highest BCUT2D eigenvalue weighted by Crippen LogP contribution is 2.14. The Balaban J connectivity index is 2.76. The zero-order valence-electron chi connectivity index (χ0n) is 9.59. The monoisotopic (exact) mass is 229 g/mol. The highest BCUT2D eigenvalue weighted by molar-refractivity contribution is 5.20. The fraction of sp³-hybridized carbons (Fsp3) is 0.500. The smallest absolute Gasteiger partial charge is 0.129 e. The Morgan fingerprint density at radius 1 is 1.31 bits per heavy atom. The van der Waals surface area contributed by atoms with Crippen molar-refractivity contribution in [2.75, 3.05) is 20.3 Å². The molecule has 1 rings (SSSR count). The van der Waals surface area contributed by atoms with Gasteiger partial charge in [-0.15, -0.1) is 0 Å². The van der Waals surface area contributed by atoms with E-state index in [1.807, 2.05) is 6.92 Å². The van der Waals surface area contributed by atoms with E-state index in [1.165, 1.54) is 18.2 Å². The topological polar surface area (TPSA) is 21.3 Å². The van der Waals surface area contributed by atoms with Crippen LogP contribution in [0.25, 0.3) is 0 Å². The van der Waals surface area contributed by atoms with Gasteiger partial charge in [0, 0.05) is 18.7 Å². The van der Waals surface area contributed by atoms with Crippen LogP contribution in [-0.2, 0) is 11.2 Å². The second-order valence-corrected chi connectivity index (χ2v) is 3.61. The van der Waals surface area contributed by atoms with Gasteiger partial charge in [0.25, 0.3) is 0 Å². The average Bonchev–Trinajstić information content (AvgIpc) is 2.24. The molecule has 0 aliphatic carbocycles. The molecule has 2 nitrogen and oxygen atoms in total. The van der Waals surface area contributed by atoms with E-state index < -0.39 is 11.6 Å². The number of ether oxygens (including phenoxy) is 1. The minimum absolute atomic E-state index is 0.0681. The van der Waals surface area contributed by atoms with Gasteiger partial charge in [0.1, 0.15) is 11.6 Å². The fourth-order valence-electron chi connectivity index (χ4n) is 1.65. The molecule has 1 aromatic carbocycles. The van der Waals surface area contributed by atoms with Crippen LogP contribution < -0.4 is 5.32 Å². The highest BCUT2D eigenvalue weighted by atomic mass is 19.1. The van der Waals surface area contributed by atoms with Crippen molar-refractivity contribution in [1.29, 1.82) is 0 Å². The number of hydrogen-bond acceptors (Lipinski definition) is 2. The first kappa shape index (κ1) is 13.1. The van der Waals surface area contributed by atoms with Gasteiger partial charge >= 0.3 is 0 Å². The molecular formula is C12H17F2NO. The molecule has 0 radical (unpaired) electrons. The standard InChI is InChI=1S/C12H17F2NO/c1-3-15-9(8-16-2)7-10-11(13)5-4-6-12(10)14/h4-6,9,15H,3,7-8H2,1-2H3. The van der Waals surface area contributed by atoms with Crippen molar-refractivity contribution in [3.05, 3.63) is 35.4 Å². The lowest BCUT2D eigenvalue weighted by Crippen LogP contribution is -2.35. The predicted octanol–water partition coefficient (Wildman–Crippen LogP) is 2.13. The molecule has 0 aliphatic heterocycles. The quantitative estimate of drug-likeness (QED) is 0.807. The average molecular weight is 229 g/mol. The molecule has 0 amide bonds. The third-order valence-electron chi connectivity index (χ3n) is 2.37. The summed E-state index contributed by atoms with van der Waals surface area (Å²) in [5.41, 5.74) is 0.116. The SMILES string of the molecule is CCNC(COC)Cc1c(F)cccc1F. The summed E-state index contributed by atoms with van der Waals surface area (Å²) in [5, 5.41) is 3.13. The number of benzene rings is 1. The number of methoxy groups -OCH3 is 1. The van der Waals surface area contributed by atoms with Crippen molar-refractivity contribution in [2.24, 2.45) is 0 Å². The Labute approximate surface area is 94.6 Å². The van der Waals surface area contributed by atoms with Crippen LogP contribution in [0.15, 0.2) is 18.2 Å². The van der Waals surface area contributed by atoms with Gasteiger partial charge in [0.05, 0.1) is 6.61 Å². The van der Waals surface area contributed by atoms with Crippen molar-refractivity contribution >= 4 is 0 Å². The second kappa shape index (κ2) is 6.55. The van der Waals surface area contributed by atoms with Crippen LogP contribution in [-0.4, -0.2) is 26.3 Å². The van der Waals surface area contributed by atoms with Gasteiger partial charge in [-0.1, -0.05) is 13.0 Å². The summed E-state index contributed by atoms with van der Waals surface area (Å²) >= 11 is 0. The number of halogens is 2. The van der Waals surface area contributed by atoms with Crippen molar-refractivity contribution in [1.82, 2.24) is 5.32 Å². The molecule has 16 heavy (non-hydrogen) atoms. The molecule has 0 fully saturated rings. The van der Waals surface area contributed by atoms with Gasteiger partial charge in [-0.2, -0.15) is 0 Å². The van der Waals surface area contributed by atoms with E-state index in [0.29, 0.717) is 13.0 Å². The van der Waals surface area contributed by atoms with Gasteiger partial charge in [0.2, 0.25) is 0 Å². The highest BCUT2D eigenvalue weighted by Gasteiger charge is 2.14. The van der Waals surface area contributed by atoms with E-state index in [9.17, 15) is 8.78 Å². The maximum Gasteiger partial charge on any atom is 0.129 e. The van der Waals surface area contributed by atoms with Crippen LogP contribution in [0.5, 0.6) is 0 Å². The minimum Gasteiger partial charge on any atom is -0.383 e. The number of hydrogen-bond donors (Lipinski definition) is 1. The van der Waals surface area contributed by atoms with Crippen LogP contribution in [0.2, 0.25) is 0 Å². The third kappa shape index (κ3) is 3.54. The number of rotatable bonds is 6. The van der Waals surface area contributed by atoms with Gasteiger partial charge in [-0.05, 0) is 25.1 Å². The molecule has 0 spiro atoms. The zero-order chi connectivity index (χ0) is 12.0. The molecule has 0 aliphatic rings. The van der Waals surface area contributed by atoms with Crippen LogP contribution in [0.3, 0.4) is 0 Å². The van der Waals surface area contributed by atoms with E-state index in [2.05, 4.69) is 5.32 Å². The lowest BCUT2D eigenvalue weighted by molar-refractivity contribution is 0.166. The second-order valence-electron chi connectivity index (χ2n) is 3.61. The van der Waals surface area contributed by atoms with Gasteiger partial charge in [-0.25, -0.2) is 8.78 Å². The molecule has 0 bridgehead atoms. The van der Waals surface area contributed by atoms with E-state index >= 15 is 0 Å². The molecular weight excluding hydrogens is 212 g/mol. The Hall–Kier alpha value is -1.00. The number of likely N-dealkylation sites (N-methyl/N-ethyl adjacent to an activating group) is 1. The summed E-state index contributed by atoms with van der Waals surface area (Å²) in [6.45, 7) is 3.12. The summed E-state index contributed by atoms with van der Waals surface area (Å²) in [6.07, 6.45) is 0.292. The predicted molar refractivity (Wildman–Crippen MR) is 59.4 cm³/mol. The van der Waals surface area contributed by atoms with Crippen molar-refractivity contribution in [3.8, 4) is 0 Å². The maximum atomic E-state index is 13.4. The van der Waals surface area contributed by atoms with E-state index in [0.717, 1.165) is 6.54 Å². The van der Waals surface area contributed by atoms with Crippen molar-refractivity contribution in [3.63, 3.8) is 0 Å². The summed E-state index contributed by atoms with van der Waals surface area (Å²) in [7, 11) is 1.57. The number of nitrogens with one attached hydrogen (secondary N) is 1. The van der Waals surface area contributed by atoms with E-state index in [1.54, 1.807) is 7.11 Å². The van der Waals surface area contributed by atoms with Crippen LogP contribution >= 0.6 is 0 Å². The molecule has 4 heteroatoms. The molecule has 1 N–H and O–H groups in total. The Morgan fingerprint density at radius 2 is 1.94 bits per heavy atom. The first-order chi connectivity index (χ1) is 7.69. The lowest BCUT2D eigenvalue weighted by atomic mass is 10.1. The van der Waals surface area contributed by atoms with Crippen LogP contribution in [0.1, 0.15) is 12.5 Å². The summed E-state index contributed by atoms with van der Waals surface area (Å²) in [5.74, 6) is -1.00. The molecule has 0 aromatic heterocycles. The fourth-order valence-corrected chi connectivity index (χ4v) is 1.65. The molecule has 0 saturated heterocycles. The third-order valence-corrected chi connectivity index (χ3v) is 2.37. The van der Waals surface area contributed by atoms with Crippen molar-refractivity contribution in [2.45, 2.75) is 19.4 Å². The normalized spacial score (nSPS) is 12.8. The Bertz CT molecular complexity index is 305. The van der Waals surface area contributed by atoms with Gasteiger partial charge < -0.3 is 10.1 Å². The van der Waals surface area contributed by atoms with Crippen molar-refractivity contribution < 1.29 is 13.5 Å². The van der Waals surface area contributed by atoms with Crippen LogP contribution in [0.4, 0.5) is 8.78 Å². The molecule has 0 saturated carbocycles.